The van der Waals surface area contributed by atoms with Crippen molar-refractivity contribution in [2.75, 3.05) is 50.9 Å². The zero-order valence-electron chi connectivity index (χ0n) is 24.4. The van der Waals surface area contributed by atoms with Crippen LogP contribution in [-0.4, -0.2) is 82.7 Å². The van der Waals surface area contributed by atoms with Gasteiger partial charge in [-0.05, 0) is 56.3 Å². The minimum atomic E-state index is -0.923. The number of nitrogens with zero attached hydrogens (tertiary/aromatic N) is 5. The average molecular weight is 604 g/mol. The number of alkyl halides is 1. The largest absolute Gasteiger partial charge is 0.508 e. The van der Waals surface area contributed by atoms with Crippen LogP contribution in [0, 0.1) is 30.9 Å². The van der Waals surface area contributed by atoms with Gasteiger partial charge in [0.2, 0.25) is 0 Å². The van der Waals surface area contributed by atoms with Crippen LogP contribution in [0.4, 0.5) is 19.0 Å². The van der Waals surface area contributed by atoms with Crippen molar-refractivity contribution >= 4 is 27.5 Å². The number of phenols is 1. The number of hydrogen-bond donors (Lipinski definition) is 1. The van der Waals surface area contributed by atoms with Gasteiger partial charge in [0.05, 0.1) is 28.8 Å². The molecule has 1 N–H and O–H groups in total. The van der Waals surface area contributed by atoms with Crippen molar-refractivity contribution in [3.05, 3.63) is 47.2 Å². The quantitative estimate of drug-likeness (QED) is 0.308. The second-order valence-corrected chi connectivity index (χ2v) is 11.9. The number of aromatic nitrogens is 3. The van der Waals surface area contributed by atoms with Gasteiger partial charge in [-0.1, -0.05) is 12.0 Å². The summed E-state index contributed by atoms with van der Waals surface area (Å²) in [7, 11) is 0. The normalized spacial score (nSPS) is 22.3. The van der Waals surface area contributed by atoms with E-state index in [-0.39, 0.29) is 46.1 Å². The zero-order chi connectivity index (χ0) is 30.6. The van der Waals surface area contributed by atoms with Crippen LogP contribution in [0.15, 0.2) is 24.3 Å². The van der Waals surface area contributed by atoms with Crippen molar-refractivity contribution in [1.82, 2.24) is 19.9 Å². The summed E-state index contributed by atoms with van der Waals surface area (Å²) in [6.45, 7) is 5.32. The van der Waals surface area contributed by atoms with Gasteiger partial charge in [-0.15, -0.1) is 6.42 Å². The fraction of sp³-hybridized carbons (Fsp3) is 0.424. The van der Waals surface area contributed by atoms with Crippen LogP contribution in [0.3, 0.4) is 0 Å². The molecule has 2 aromatic heterocycles. The maximum atomic E-state index is 16.8. The highest BCUT2D eigenvalue weighted by atomic mass is 19.1. The first-order chi connectivity index (χ1) is 21.3. The maximum absolute atomic E-state index is 16.8. The number of halogens is 3. The molecule has 3 saturated heterocycles. The molecule has 0 spiro atoms. The Morgan fingerprint density at radius 1 is 1.11 bits per heavy atom. The standard InChI is InChI=1S/C33H32F3N5O3/c1-3-23-25(35)7-6-20-14-22(42)15-24(27(20)23)29-28(36)30-26(19(2)37-29)31(40-9-5-12-43-13-11-40)39-32(38-30)44-18-33-8-4-10-41(33)17-21(34)16-33/h1,6-7,14-15,21,42H,4-5,8-13,16-18H2,2H3/t21-,33+/m1/s1. The van der Waals surface area contributed by atoms with Gasteiger partial charge < -0.3 is 19.5 Å². The summed E-state index contributed by atoms with van der Waals surface area (Å²) in [4.78, 5) is 18.1. The van der Waals surface area contributed by atoms with Crippen LogP contribution >= 0.6 is 0 Å². The number of terminal acetylenes is 1. The lowest BCUT2D eigenvalue weighted by Crippen LogP contribution is -2.43. The highest BCUT2D eigenvalue weighted by Crippen LogP contribution is 2.42. The Morgan fingerprint density at radius 3 is 2.82 bits per heavy atom. The molecule has 11 heteroatoms. The molecule has 0 bridgehead atoms. The van der Waals surface area contributed by atoms with E-state index >= 15 is 4.39 Å². The second kappa shape index (κ2) is 11.1. The minimum Gasteiger partial charge on any atom is -0.508 e. The van der Waals surface area contributed by atoms with E-state index in [1.807, 2.05) is 4.90 Å². The topological polar surface area (TPSA) is 83.8 Å². The lowest BCUT2D eigenvalue weighted by Gasteiger charge is -2.31. The Labute approximate surface area is 252 Å². The lowest BCUT2D eigenvalue weighted by molar-refractivity contribution is 0.107. The van der Waals surface area contributed by atoms with Crippen LogP contribution in [0.5, 0.6) is 11.8 Å². The van der Waals surface area contributed by atoms with Gasteiger partial charge >= 0.3 is 6.01 Å². The number of ether oxygens (including phenoxy) is 2. The molecule has 4 aromatic rings. The summed E-state index contributed by atoms with van der Waals surface area (Å²) in [5, 5.41) is 11.7. The number of fused-ring (bicyclic) bond motifs is 3. The summed E-state index contributed by atoms with van der Waals surface area (Å²) in [6.07, 6.45) is 7.63. The van der Waals surface area contributed by atoms with Gasteiger partial charge in [-0.2, -0.15) is 9.97 Å². The van der Waals surface area contributed by atoms with Crippen LogP contribution < -0.4 is 9.64 Å². The van der Waals surface area contributed by atoms with Crippen molar-refractivity contribution in [2.45, 2.75) is 44.3 Å². The number of aromatic hydroxyl groups is 1. The van der Waals surface area contributed by atoms with E-state index < -0.39 is 23.3 Å². The summed E-state index contributed by atoms with van der Waals surface area (Å²) >= 11 is 0. The van der Waals surface area contributed by atoms with E-state index in [0.717, 1.165) is 25.8 Å². The van der Waals surface area contributed by atoms with Gasteiger partial charge in [0.15, 0.2) is 5.82 Å². The van der Waals surface area contributed by atoms with E-state index in [2.05, 4.69) is 20.8 Å². The van der Waals surface area contributed by atoms with Crippen LogP contribution in [0.25, 0.3) is 32.9 Å². The fourth-order valence-electron chi connectivity index (χ4n) is 7.14. The molecular formula is C33H32F3N5O3. The van der Waals surface area contributed by atoms with Crippen LogP contribution in [-0.2, 0) is 4.74 Å². The van der Waals surface area contributed by atoms with E-state index in [1.54, 1.807) is 6.92 Å². The fourth-order valence-corrected chi connectivity index (χ4v) is 7.14. The molecule has 8 nitrogen and oxygen atoms in total. The molecule has 0 radical (unpaired) electrons. The second-order valence-electron chi connectivity index (χ2n) is 11.9. The van der Waals surface area contributed by atoms with E-state index in [1.165, 1.54) is 24.3 Å². The van der Waals surface area contributed by atoms with Crippen molar-refractivity contribution in [2.24, 2.45) is 0 Å². The van der Waals surface area contributed by atoms with Gasteiger partial charge in [0, 0.05) is 43.6 Å². The number of phenolic OH excluding ortho intramolecular Hbond substituents is 1. The third-order valence-electron chi connectivity index (χ3n) is 9.13. The van der Waals surface area contributed by atoms with Crippen LogP contribution in [0.2, 0.25) is 0 Å². The first-order valence-corrected chi connectivity index (χ1v) is 14.9. The molecule has 5 heterocycles. The summed E-state index contributed by atoms with van der Waals surface area (Å²) in [5.74, 6) is 1.26. The average Bonchev–Trinajstić information content (AvgIpc) is 3.38. The molecule has 0 amide bonds. The van der Waals surface area contributed by atoms with E-state index in [4.69, 9.17) is 20.9 Å². The molecule has 0 aliphatic carbocycles. The van der Waals surface area contributed by atoms with Gasteiger partial charge in [0.25, 0.3) is 0 Å². The Morgan fingerprint density at radius 2 is 1.98 bits per heavy atom. The first kappa shape index (κ1) is 28.6. The Hall–Kier alpha value is -4.14. The lowest BCUT2D eigenvalue weighted by atomic mass is 9.95. The smallest absolute Gasteiger partial charge is 0.319 e. The highest BCUT2D eigenvalue weighted by Gasteiger charge is 2.49. The molecule has 2 atom stereocenters. The van der Waals surface area contributed by atoms with Gasteiger partial charge in [-0.3, -0.25) is 4.90 Å². The van der Waals surface area contributed by atoms with Crippen molar-refractivity contribution in [3.63, 3.8) is 0 Å². The maximum Gasteiger partial charge on any atom is 0.319 e. The third-order valence-corrected chi connectivity index (χ3v) is 9.13. The third kappa shape index (κ3) is 4.77. The molecule has 0 unspecified atom stereocenters. The molecule has 3 aliphatic rings. The molecule has 2 aromatic carbocycles. The Bertz CT molecular complexity index is 1820. The van der Waals surface area contributed by atoms with Crippen LogP contribution in [0.1, 0.15) is 36.9 Å². The number of anilines is 1. The highest BCUT2D eigenvalue weighted by molar-refractivity contribution is 6.03. The summed E-state index contributed by atoms with van der Waals surface area (Å²) in [6, 6.07) is 5.43. The van der Waals surface area contributed by atoms with Gasteiger partial charge in [-0.25, -0.2) is 18.2 Å². The molecule has 0 saturated carbocycles. The molecule has 44 heavy (non-hydrogen) atoms. The Balaban J connectivity index is 1.41. The molecule has 7 rings (SSSR count). The number of hydrogen-bond acceptors (Lipinski definition) is 8. The monoisotopic (exact) mass is 603 g/mol. The first-order valence-electron chi connectivity index (χ1n) is 14.9. The van der Waals surface area contributed by atoms with Crippen molar-refractivity contribution in [3.8, 4) is 35.4 Å². The molecule has 3 fully saturated rings. The predicted molar refractivity (Wildman–Crippen MR) is 161 cm³/mol. The number of benzene rings is 2. The zero-order valence-corrected chi connectivity index (χ0v) is 24.4. The minimum absolute atomic E-state index is 0.0206. The number of aryl methyl sites for hydroxylation is 1. The van der Waals surface area contributed by atoms with E-state index in [9.17, 15) is 13.9 Å². The number of rotatable bonds is 5. The molecule has 3 aliphatic heterocycles. The van der Waals surface area contributed by atoms with Gasteiger partial charge in [0.1, 0.15) is 41.4 Å². The molecular weight excluding hydrogens is 571 g/mol. The molecule has 228 valence electrons. The van der Waals surface area contributed by atoms with Crippen molar-refractivity contribution in [1.29, 1.82) is 0 Å². The predicted octanol–water partition coefficient (Wildman–Crippen LogP) is 5.30. The number of pyridine rings is 1. The van der Waals surface area contributed by atoms with Crippen molar-refractivity contribution < 1.29 is 27.8 Å². The van der Waals surface area contributed by atoms with E-state index in [0.29, 0.717) is 61.6 Å². The Kier molecular flexibility index (Phi) is 7.22. The summed E-state index contributed by atoms with van der Waals surface area (Å²) < 4.78 is 57.9. The summed E-state index contributed by atoms with van der Waals surface area (Å²) in [5.41, 5.74) is -0.0806. The SMILES string of the molecule is C#Cc1c(F)ccc2cc(O)cc(-c3nc(C)c4c(N5CCCOCC5)nc(OC[C@@]56CCCN5C[C@H](F)C6)nc4c3F)c12.